The van der Waals surface area contributed by atoms with Gasteiger partial charge < -0.3 is 15.6 Å². The molecule has 0 aliphatic heterocycles. The van der Waals surface area contributed by atoms with Crippen molar-refractivity contribution in [2.45, 2.75) is 44.4 Å². The Morgan fingerprint density at radius 3 is 2.58 bits per heavy atom. The molecular weight excluding hydrogens is 526 g/mol. The van der Waals surface area contributed by atoms with E-state index >= 15 is 0 Å². The van der Waals surface area contributed by atoms with Crippen molar-refractivity contribution in [2.75, 3.05) is 5.32 Å². The molecular formula is C29H27F4N5O2. The molecule has 1 saturated carbocycles. The van der Waals surface area contributed by atoms with Gasteiger partial charge in [0.2, 0.25) is 0 Å². The van der Waals surface area contributed by atoms with Crippen LogP contribution in [0.25, 0.3) is 5.69 Å². The van der Waals surface area contributed by atoms with Crippen molar-refractivity contribution in [3.05, 3.63) is 112 Å². The largest absolute Gasteiger partial charge is 0.435 e. The summed E-state index contributed by atoms with van der Waals surface area (Å²) in [5.41, 5.74) is 4.93. The molecule has 2 heterocycles. The summed E-state index contributed by atoms with van der Waals surface area (Å²) in [5.74, 6) is -1.17. The Morgan fingerprint density at radius 1 is 1.07 bits per heavy atom. The van der Waals surface area contributed by atoms with E-state index in [1.54, 1.807) is 41.1 Å². The fourth-order valence-electron chi connectivity index (χ4n) is 4.69. The lowest BCUT2D eigenvalue weighted by Crippen LogP contribution is -2.24. The van der Waals surface area contributed by atoms with E-state index in [1.165, 1.54) is 30.3 Å². The Labute approximate surface area is 227 Å². The van der Waals surface area contributed by atoms with Crippen LogP contribution in [0, 0.1) is 11.7 Å². The summed E-state index contributed by atoms with van der Waals surface area (Å²) in [6, 6.07) is 15.4. The number of aromatic nitrogens is 3. The van der Waals surface area contributed by atoms with Crippen molar-refractivity contribution in [1.82, 2.24) is 14.3 Å². The summed E-state index contributed by atoms with van der Waals surface area (Å²) in [7, 11) is 0. The second-order valence-corrected chi connectivity index (χ2v) is 9.87. The van der Waals surface area contributed by atoms with Gasteiger partial charge >= 0.3 is 6.18 Å². The third-order valence-corrected chi connectivity index (χ3v) is 6.98. The number of hydrogen-bond acceptors (Lipinski definition) is 4. The van der Waals surface area contributed by atoms with Crippen LogP contribution >= 0.6 is 0 Å². The number of carbonyl (C=O) groups is 1. The van der Waals surface area contributed by atoms with Crippen LogP contribution in [0.15, 0.2) is 77.7 Å². The van der Waals surface area contributed by atoms with Crippen molar-refractivity contribution in [2.24, 2.45) is 11.7 Å². The number of rotatable bonds is 9. The minimum Gasteiger partial charge on any atom is -0.326 e. The number of amides is 1. The molecule has 1 amide bonds. The number of carbonyl (C=O) groups excluding carboxylic acids is 1. The summed E-state index contributed by atoms with van der Waals surface area (Å²) in [6.45, 7) is 0.132. The number of alkyl halides is 3. The van der Waals surface area contributed by atoms with Gasteiger partial charge in [0.05, 0.1) is 17.4 Å². The lowest BCUT2D eigenvalue weighted by atomic mass is 9.99. The molecule has 1 fully saturated rings. The molecule has 1 aliphatic rings. The summed E-state index contributed by atoms with van der Waals surface area (Å²) < 4.78 is 58.0. The fourth-order valence-corrected chi connectivity index (χ4v) is 4.69. The van der Waals surface area contributed by atoms with Crippen LogP contribution in [-0.4, -0.2) is 20.3 Å². The predicted molar refractivity (Wildman–Crippen MR) is 142 cm³/mol. The molecule has 5 rings (SSSR count). The van der Waals surface area contributed by atoms with E-state index in [-0.39, 0.29) is 23.5 Å². The molecule has 4 aromatic rings. The molecule has 1 atom stereocenters. The highest BCUT2D eigenvalue weighted by atomic mass is 19.4. The van der Waals surface area contributed by atoms with Gasteiger partial charge in [-0.3, -0.25) is 9.59 Å². The zero-order valence-electron chi connectivity index (χ0n) is 21.4. The lowest BCUT2D eigenvalue weighted by Gasteiger charge is -2.21. The van der Waals surface area contributed by atoms with Crippen LogP contribution in [-0.2, 0) is 12.7 Å². The highest BCUT2D eigenvalue weighted by molar-refractivity contribution is 6.03. The number of benzene rings is 2. The quantitative estimate of drug-likeness (QED) is 0.261. The third-order valence-electron chi connectivity index (χ3n) is 6.98. The van der Waals surface area contributed by atoms with Gasteiger partial charge in [-0.05, 0) is 60.2 Å². The van der Waals surface area contributed by atoms with Crippen LogP contribution in [0.1, 0.15) is 59.0 Å². The van der Waals surface area contributed by atoms with Crippen LogP contribution in [0.3, 0.4) is 0 Å². The van der Waals surface area contributed by atoms with Gasteiger partial charge in [0.25, 0.3) is 11.5 Å². The first-order valence-corrected chi connectivity index (χ1v) is 12.9. The van der Waals surface area contributed by atoms with Gasteiger partial charge in [0, 0.05) is 24.9 Å². The van der Waals surface area contributed by atoms with Crippen molar-refractivity contribution in [3.8, 4) is 5.69 Å². The molecule has 40 heavy (non-hydrogen) atoms. The molecule has 1 aliphatic carbocycles. The van der Waals surface area contributed by atoms with Gasteiger partial charge in [-0.15, -0.1) is 0 Å². The molecule has 2 aromatic carbocycles. The van der Waals surface area contributed by atoms with Crippen molar-refractivity contribution in [3.63, 3.8) is 0 Å². The number of halogens is 4. The molecule has 0 saturated heterocycles. The average Bonchev–Trinajstić information content (AvgIpc) is 3.64. The number of anilines is 1. The maximum atomic E-state index is 14.9. The Kier molecular flexibility index (Phi) is 7.57. The van der Waals surface area contributed by atoms with E-state index in [0.29, 0.717) is 29.5 Å². The molecule has 0 bridgehead atoms. The molecule has 2 aromatic heterocycles. The predicted octanol–water partition coefficient (Wildman–Crippen LogP) is 5.68. The molecule has 0 unspecified atom stereocenters. The van der Waals surface area contributed by atoms with Gasteiger partial charge in [-0.2, -0.15) is 18.3 Å². The number of pyridine rings is 1. The van der Waals surface area contributed by atoms with E-state index in [0.717, 1.165) is 23.9 Å². The minimum absolute atomic E-state index is 0.132. The Morgan fingerprint density at radius 2 is 1.88 bits per heavy atom. The zero-order valence-corrected chi connectivity index (χ0v) is 21.4. The minimum atomic E-state index is -4.81. The number of nitrogens with two attached hydrogens (primary N) is 1. The monoisotopic (exact) mass is 553 g/mol. The van der Waals surface area contributed by atoms with Gasteiger partial charge in [0.15, 0.2) is 5.69 Å². The summed E-state index contributed by atoms with van der Waals surface area (Å²) >= 11 is 0. The van der Waals surface area contributed by atoms with E-state index in [2.05, 4.69) is 10.4 Å². The van der Waals surface area contributed by atoms with Crippen LogP contribution < -0.4 is 16.6 Å². The van der Waals surface area contributed by atoms with Gasteiger partial charge in [0.1, 0.15) is 11.5 Å². The van der Waals surface area contributed by atoms with E-state index in [9.17, 15) is 27.2 Å². The fraction of sp³-hybridized carbons (Fsp3) is 0.276. The SMILES string of the molecule is NCc1cccc(-n2nc(C(F)(F)F)cc2C(=O)Nc2cc([C@@H](CCC3CC3)n3ccccc3=O)ccc2F)c1. The average molecular weight is 554 g/mol. The van der Waals surface area contributed by atoms with Crippen LogP contribution in [0.2, 0.25) is 0 Å². The second-order valence-electron chi connectivity index (χ2n) is 9.87. The van der Waals surface area contributed by atoms with E-state index in [4.69, 9.17) is 5.73 Å². The lowest BCUT2D eigenvalue weighted by molar-refractivity contribution is -0.141. The molecule has 0 spiro atoms. The van der Waals surface area contributed by atoms with Crippen LogP contribution in [0.5, 0.6) is 0 Å². The van der Waals surface area contributed by atoms with Crippen LogP contribution in [0.4, 0.5) is 23.2 Å². The van der Waals surface area contributed by atoms with Gasteiger partial charge in [-0.1, -0.05) is 37.1 Å². The first kappa shape index (κ1) is 27.3. The maximum absolute atomic E-state index is 14.9. The van der Waals surface area contributed by atoms with Crippen molar-refractivity contribution >= 4 is 11.6 Å². The van der Waals surface area contributed by atoms with Crippen molar-refractivity contribution in [1.29, 1.82) is 0 Å². The highest BCUT2D eigenvalue weighted by Gasteiger charge is 2.36. The summed E-state index contributed by atoms with van der Waals surface area (Å²) in [6.07, 6.45) is 0.619. The topological polar surface area (TPSA) is 94.9 Å². The summed E-state index contributed by atoms with van der Waals surface area (Å²) in [4.78, 5) is 25.9. The van der Waals surface area contributed by atoms with Gasteiger partial charge in [-0.25, -0.2) is 9.07 Å². The Hall–Kier alpha value is -4.25. The van der Waals surface area contributed by atoms with Crippen molar-refractivity contribution < 1.29 is 22.4 Å². The van der Waals surface area contributed by atoms with E-state index in [1.807, 2.05) is 0 Å². The molecule has 0 radical (unpaired) electrons. The molecule has 208 valence electrons. The number of nitrogens with one attached hydrogen (secondary N) is 1. The maximum Gasteiger partial charge on any atom is 0.435 e. The third kappa shape index (κ3) is 5.99. The standard InChI is InChI=1S/C29H27F4N5O2/c30-22-11-10-20(24(12-9-18-7-8-18)37-13-2-1-6-27(37)39)15-23(22)35-28(40)25-16-26(29(31,32)33)36-38(25)21-5-3-4-19(14-21)17-34/h1-6,10-11,13-16,18,24H,7-9,12,17,34H2,(H,35,40)/t24-/m1/s1. The van der Waals surface area contributed by atoms with E-state index < -0.39 is 35.3 Å². The first-order chi connectivity index (χ1) is 19.1. The number of hydrogen-bond donors (Lipinski definition) is 2. The summed E-state index contributed by atoms with van der Waals surface area (Å²) in [5, 5.41) is 6.03. The molecule has 11 heteroatoms. The Balaban J connectivity index is 1.50. The highest BCUT2D eigenvalue weighted by Crippen LogP contribution is 2.37. The zero-order chi connectivity index (χ0) is 28.4. The smallest absolute Gasteiger partial charge is 0.326 e. The second kappa shape index (κ2) is 11.1. The number of nitrogens with zero attached hydrogens (tertiary/aromatic N) is 3. The first-order valence-electron chi connectivity index (χ1n) is 12.9. The molecule has 7 nitrogen and oxygen atoms in total. The normalized spacial score (nSPS) is 14.2. The molecule has 3 N–H and O–H groups in total. The Bertz CT molecular complexity index is 1590.